The number of hydrogen-bond acceptors (Lipinski definition) is 3. The van der Waals surface area contributed by atoms with E-state index in [1.54, 1.807) is 0 Å². The molecule has 2 rings (SSSR count). The Morgan fingerprint density at radius 1 is 1.53 bits per heavy atom. The van der Waals surface area contributed by atoms with Gasteiger partial charge in [0.05, 0.1) is 5.69 Å². The van der Waals surface area contributed by atoms with Gasteiger partial charge in [0.25, 0.3) is 0 Å². The highest BCUT2D eigenvalue weighted by Gasteiger charge is 2.54. The first-order valence-electron chi connectivity index (χ1n) is 4.42. The first kappa shape index (κ1) is 9.76. The number of carbonyl (C=O) groups is 2. The number of aromatic nitrogens is 1. The molecule has 0 unspecified atom stereocenters. The normalized spacial score (nSPS) is 18.3. The van der Waals surface area contributed by atoms with E-state index in [9.17, 15) is 14.0 Å². The quantitative estimate of drug-likeness (QED) is 0.785. The molecule has 15 heavy (non-hydrogen) atoms. The molecule has 0 aliphatic heterocycles. The average molecular weight is 209 g/mol. The van der Waals surface area contributed by atoms with E-state index >= 15 is 0 Å². The summed E-state index contributed by atoms with van der Waals surface area (Å²) in [6, 6.07) is 2.53. The number of carbonyl (C=O) groups excluding carboxylic acids is 1. The van der Waals surface area contributed by atoms with Gasteiger partial charge in [0.2, 0.25) is 0 Å². The topological polar surface area (TPSA) is 67.3 Å². The van der Waals surface area contributed by atoms with Crippen molar-refractivity contribution >= 4 is 11.8 Å². The Morgan fingerprint density at radius 2 is 2.20 bits per heavy atom. The van der Waals surface area contributed by atoms with Crippen LogP contribution in [0.1, 0.15) is 18.5 Å². The maximum Gasteiger partial charge on any atom is 0.316 e. The molecule has 1 aliphatic carbocycles. The number of pyridine rings is 1. The van der Waals surface area contributed by atoms with Crippen molar-refractivity contribution in [2.45, 2.75) is 18.3 Å². The van der Waals surface area contributed by atoms with Crippen molar-refractivity contribution in [1.82, 2.24) is 4.98 Å². The number of nitrogens with zero attached hydrogens (tertiary/aromatic N) is 1. The number of carboxylic acids is 1. The fraction of sp³-hybridized carbons (Fsp3) is 0.300. The summed E-state index contributed by atoms with van der Waals surface area (Å²) in [6.07, 6.45) is 0.985. The van der Waals surface area contributed by atoms with E-state index in [1.165, 1.54) is 12.3 Å². The summed E-state index contributed by atoms with van der Waals surface area (Å²) >= 11 is 0. The molecule has 1 N–H and O–H groups in total. The van der Waals surface area contributed by atoms with Gasteiger partial charge in [-0.1, -0.05) is 0 Å². The summed E-state index contributed by atoms with van der Waals surface area (Å²) in [5.41, 5.74) is -1.58. The molecule has 0 spiro atoms. The number of rotatable bonds is 2. The number of hydrogen-bond donors (Lipinski definition) is 1. The zero-order valence-electron chi connectivity index (χ0n) is 7.74. The van der Waals surface area contributed by atoms with Crippen molar-refractivity contribution < 1.29 is 19.1 Å². The predicted octanol–water partition coefficient (Wildman–Crippen LogP) is 0.906. The number of carboxylic acid groups (broad SMARTS) is 1. The second-order valence-electron chi connectivity index (χ2n) is 3.61. The summed E-state index contributed by atoms with van der Waals surface area (Å²) < 4.78 is 13.4. The smallest absolute Gasteiger partial charge is 0.316 e. The van der Waals surface area contributed by atoms with Gasteiger partial charge >= 0.3 is 5.97 Å². The molecule has 78 valence electrons. The molecule has 1 saturated carbocycles. The molecule has 4 nitrogen and oxygen atoms in total. The fourth-order valence-corrected chi connectivity index (χ4v) is 1.78. The molecule has 0 amide bonds. The van der Waals surface area contributed by atoms with E-state index in [4.69, 9.17) is 5.11 Å². The second-order valence-corrected chi connectivity index (χ2v) is 3.61. The molecule has 5 heteroatoms. The van der Waals surface area contributed by atoms with Crippen LogP contribution in [0.5, 0.6) is 0 Å². The predicted molar refractivity (Wildman–Crippen MR) is 47.7 cm³/mol. The van der Waals surface area contributed by atoms with Crippen LogP contribution in [0.3, 0.4) is 0 Å². The Balaban J connectivity index is 2.48. The van der Waals surface area contributed by atoms with E-state index in [1.807, 2.05) is 0 Å². The zero-order valence-corrected chi connectivity index (χ0v) is 7.74. The molecule has 1 aromatic heterocycles. The fourth-order valence-electron chi connectivity index (χ4n) is 1.78. The van der Waals surface area contributed by atoms with E-state index < -0.39 is 17.2 Å². The largest absolute Gasteiger partial charge is 0.481 e. The molecule has 0 radical (unpaired) electrons. The number of halogens is 1. The van der Waals surface area contributed by atoms with Crippen LogP contribution in [0.2, 0.25) is 0 Å². The van der Waals surface area contributed by atoms with Gasteiger partial charge in [-0.15, -0.1) is 0 Å². The van der Waals surface area contributed by atoms with Crippen LogP contribution in [0, 0.1) is 5.82 Å². The highest BCUT2D eigenvalue weighted by atomic mass is 19.1. The van der Waals surface area contributed by atoms with Gasteiger partial charge in [-0.25, -0.2) is 4.39 Å². The molecular weight excluding hydrogens is 201 g/mol. The lowest BCUT2D eigenvalue weighted by molar-refractivity contribution is -0.153. The zero-order chi connectivity index (χ0) is 11.1. The SMILES string of the molecule is O=C1CC(C(=O)O)(c2ncccc2F)C1. The van der Waals surface area contributed by atoms with Gasteiger partial charge in [-0.05, 0) is 12.1 Å². The molecule has 1 heterocycles. The van der Waals surface area contributed by atoms with Crippen molar-refractivity contribution in [1.29, 1.82) is 0 Å². The molecule has 0 bridgehead atoms. The number of ketones is 1. The third-order valence-electron chi connectivity index (χ3n) is 2.62. The van der Waals surface area contributed by atoms with Crippen molar-refractivity contribution in [2.24, 2.45) is 0 Å². The van der Waals surface area contributed by atoms with Crippen LogP contribution < -0.4 is 0 Å². The monoisotopic (exact) mass is 209 g/mol. The van der Waals surface area contributed by atoms with Crippen LogP contribution in [-0.2, 0) is 15.0 Å². The van der Waals surface area contributed by atoms with Gasteiger partial charge < -0.3 is 5.11 Å². The highest BCUT2D eigenvalue weighted by Crippen LogP contribution is 2.41. The maximum atomic E-state index is 13.4. The highest BCUT2D eigenvalue weighted by molar-refractivity contribution is 6.01. The van der Waals surface area contributed by atoms with Crippen molar-refractivity contribution in [3.63, 3.8) is 0 Å². The molecule has 0 atom stereocenters. The minimum atomic E-state index is -1.44. The second kappa shape index (κ2) is 3.12. The Morgan fingerprint density at radius 3 is 2.67 bits per heavy atom. The number of Topliss-reactive ketones (excluding diaryl/α,β-unsaturated/α-hetero) is 1. The summed E-state index contributed by atoms with van der Waals surface area (Å²) in [5, 5.41) is 9.02. The lowest BCUT2D eigenvalue weighted by Crippen LogP contribution is -2.49. The average Bonchev–Trinajstić information content (AvgIpc) is 2.13. The standard InChI is InChI=1S/C10H8FNO3/c11-7-2-1-3-12-8(7)10(9(14)15)4-6(13)5-10/h1-3H,4-5H2,(H,14,15). The van der Waals surface area contributed by atoms with Crippen LogP contribution in [0.25, 0.3) is 0 Å². The molecular formula is C10H8FNO3. The molecule has 1 aliphatic rings. The summed E-state index contributed by atoms with van der Waals surface area (Å²) in [5.74, 6) is -2.05. The van der Waals surface area contributed by atoms with Crippen molar-refractivity contribution in [2.75, 3.05) is 0 Å². The Hall–Kier alpha value is -1.78. The number of aliphatic carboxylic acids is 1. The van der Waals surface area contributed by atoms with E-state index in [0.717, 1.165) is 6.07 Å². The molecule has 1 aromatic rings. The lowest BCUT2D eigenvalue weighted by Gasteiger charge is -2.35. The minimum Gasteiger partial charge on any atom is -0.481 e. The van der Waals surface area contributed by atoms with E-state index in [-0.39, 0.29) is 24.3 Å². The van der Waals surface area contributed by atoms with Gasteiger partial charge in [-0.3, -0.25) is 14.6 Å². The third kappa shape index (κ3) is 1.31. The van der Waals surface area contributed by atoms with Gasteiger partial charge in [0.1, 0.15) is 17.0 Å². The van der Waals surface area contributed by atoms with Crippen LogP contribution in [0.15, 0.2) is 18.3 Å². The van der Waals surface area contributed by atoms with Crippen molar-refractivity contribution in [3.05, 3.63) is 29.8 Å². The molecule has 0 saturated heterocycles. The van der Waals surface area contributed by atoms with Crippen LogP contribution >= 0.6 is 0 Å². The maximum absolute atomic E-state index is 13.4. The van der Waals surface area contributed by atoms with Gasteiger partial charge in [0, 0.05) is 19.0 Å². The van der Waals surface area contributed by atoms with E-state index in [2.05, 4.69) is 4.98 Å². The Labute approximate surface area is 84.8 Å². The summed E-state index contributed by atoms with van der Waals surface area (Å²) in [4.78, 5) is 25.7. The van der Waals surface area contributed by atoms with Gasteiger partial charge in [-0.2, -0.15) is 0 Å². The molecule has 1 fully saturated rings. The third-order valence-corrected chi connectivity index (χ3v) is 2.62. The van der Waals surface area contributed by atoms with Gasteiger partial charge in [0.15, 0.2) is 0 Å². The van der Waals surface area contributed by atoms with E-state index in [0.29, 0.717) is 0 Å². The van der Waals surface area contributed by atoms with Crippen LogP contribution in [0.4, 0.5) is 4.39 Å². The Bertz CT molecular complexity index is 436. The van der Waals surface area contributed by atoms with Crippen LogP contribution in [-0.4, -0.2) is 21.8 Å². The Kier molecular flexibility index (Phi) is 2.03. The minimum absolute atomic E-state index is 0.142. The van der Waals surface area contributed by atoms with Crippen molar-refractivity contribution in [3.8, 4) is 0 Å². The first-order chi connectivity index (χ1) is 7.06. The first-order valence-corrected chi connectivity index (χ1v) is 4.42. The molecule has 0 aromatic carbocycles. The summed E-state index contributed by atoms with van der Waals surface area (Å²) in [7, 11) is 0. The summed E-state index contributed by atoms with van der Waals surface area (Å²) in [6.45, 7) is 0. The lowest BCUT2D eigenvalue weighted by atomic mass is 9.65.